The van der Waals surface area contributed by atoms with E-state index in [1.807, 2.05) is 0 Å². The Bertz CT molecular complexity index is 3720. The first-order valence-electron chi connectivity index (χ1n) is 22.4. The Labute approximate surface area is 369 Å². The second kappa shape index (κ2) is 12.6. The molecule has 0 spiro atoms. The molecule has 2 aliphatic carbocycles. The highest BCUT2D eigenvalue weighted by atomic mass is 14.4. The van der Waals surface area contributed by atoms with Gasteiger partial charge in [0.15, 0.2) is 0 Å². The van der Waals surface area contributed by atoms with Gasteiger partial charge >= 0.3 is 0 Å². The van der Waals surface area contributed by atoms with Crippen LogP contribution in [0.25, 0.3) is 108 Å². The van der Waals surface area contributed by atoms with E-state index in [1.54, 1.807) is 0 Å². The van der Waals surface area contributed by atoms with E-state index >= 15 is 0 Å². The van der Waals surface area contributed by atoms with Crippen molar-refractivity contribution >= 4 is 108 Å². The summed E-state index contributed by atoms with van der Waals surface area (Å²) in [6.45, 7) is 0. The molecule has 0 saturated carbocycles. The van der Waals surface area contributed by atoms with Gasteiger partial charge in [-0.15, -0.1) is 0 Å². The monoisotopic (exact) mass is 804 g/mol. The number of hydrogen-bond acceptors (Lipinski definition) is 0. The van der Waals surface area contributed by atoms with Crippen molar-refractivity contribution in [2.24, 2.45) is 0 Å². The summed E-state index contributed by atoms with van der Waals surface area (Å²) in [7, 11) is 0. The van der Waals surface area contributed by atoms with Crippen LogP contribution in [0.15, 0.2) is 218 Å². The van der Waals surface area contributed by atoms with Crippen LogP contribution in [0.2, 0.25) is 0 Å². The molecule has 0 aromatic heterocycles. The van der Waals surface area contributed by atoms with Gasteiger partial charge in [-0.1, -0.05) is 218 Å². The average Bonchev–Trinajstić information content (AvgIpc) is 3.88. The van der Waals surface area contributed by atoms with Crippen LogP contribution in [0.3, 0.4) is 0 Å². The molecule has 0 radical (unpaired) electrons. The summed E-state index contributed by atoms with van der Waals surface area (Å²) in [4.78, 5) is 0. The van der Waals surface area contributed by atoms with Crippen molar-refractivity contribution in [3.63, 3.8) is 0 Å². The minimum absolute atomic E-state index is 1.26. The maximum Gasteiger partial charge on any atom is -0.00134 e. The molecule has 15 rings (SSSR count). The molecule has 0 heteroatoms. The predicted octanol–water partition coefficient (Wildman–Crippen LogP) is 17.0. The standard InChI is InChI=1S/C64H36/c1-5-21-41-37(13-1)17-9-25-45(41)59-53-33-29-49-51-31-35-55-61(47-27-11-19-39-15-3-7-23-43(39)47)62(48-28-12-20-40-16-4-8-24-44(40)48)56-36-32-52(58(51)64(55)56)50-30-34-54(63(53)57(49)50)60(59)46-26-10-18-38-14-2-6-22-42(38)46/h1-36H. The van der Waals surface area contributed by atoms with Gasteiger partial charge in [0.05, 0.1) is 0 Å². The molecule has 0 fully saturated rings. The first-order chi connectivity index (χ1) is 31.8. The van der Waals surface area contributed by atoms with E-state index in [0.29, 0.717) is 0 Å². The largest absolute Gasteiger partial charge is 0.0616 e. The molecule has 64 heavy (non-hydrogen) atoms. The van der Waals surface area contributed by atoms with Gasteiger partial charge in [-0.05, 0) is 153 Å². The first kappa shape index (κ1) is 34.3. The van der Waals surface area contributed by atoms with E-state index in [0.717, 1.165) is 0 Å². The predicted molar refractivity (Wildman–Crippen MR) is 273 cm³/mol. The van der Waals surface area contributed by atoms with Gasteiger partial charge in [0, 0.05) is 0 Å². The second-order valence-electron chi connectivity index (χ2n) is 17.7. The SMILES string of the molecule is c1ccc2c(C3=C(c4cccc5ccccc45)c4ccc5c6ccc7c8c(ccc(c9ccc3c4c95)c86)C(c3cccc4ccccc34)=C7c3cccc4ccccc34)cccc2c1. The average molecular weight is 805 g/mol. The highest BCUT2D eigenvalue weighted by molar-refractivity contribution is 6.40. The number of rotatable bonds is 4. The Morgan fingerprint density at radius 3 is 0.641 bits per heavy atom. The molecule has 13 aromatic rings. The summed E-state index contributed by atoms with van der Waals surface area (Å²) >= 11 is 0. The van der Waals surface area contributed by atoms with Crippen LogP contribution in [0.1, 0.15) is 44.5 Å². The fourth-order valence-corrected chi connectivity index (χ4v) is 12.2. The summed E-state index contributed by atoms with van der Waals surface area (Å²) in [6, 6.07) is 82.2. The van der Waals surface area contributed by atoms with Gasteiger partial charge in [-0.25, -0.2) is 0 Å². The van der Waals surface area contributed by atoms with Gasteiger partial charge in [0.25, 0.3) is 0 Å². The molecule has 13 aromatic carbocycles. The number of hydrogen-bond donors (Lipinski definition) is 0. The third kappa shape index (κ3) is 4.42. The van der Waals surface area contributed by atoms with E-state index in [1.165, 1.54) is 153 Å². The fourth-order valence-electron chi connectivity index (χ4n) is 12.2. The maximum absolute atomic E-state index is 2.44. The van der Waals surface area contributed by atoms with Crippen LogP contribution >= 0.6 is 0 Å². The highest BCUT2D eigenvalue weighted by Gasteiger charge is 2.33. The lowest BCUT2D eigenvalue weighted by Gasteiger charge is -2.18. The van der Waals surface area contributed by atoms with Crippen LogP contribution in [0, 0.1) is 0 Å². The van der Waals surface area contributed by atoms with Crippen LogP contribution < -0.4 is 0 Å². The van der Waals surface area contributed by atoms with Crippen molar-refractivity contribution in [1.82, 2.24) is 0 Å². The van der Waals surface area contributed by atoms with Crippen LogP contribution in [0.5, 0.6) is 0 Å². The molecular formula is C64H36. The quantitative estimate of drug-likeness (QED) is 0.123. The maximum atomic E-state index is 2.44. The molecule has 292 valence electrons. The lowest BCUT2D eigenvalue weighted by molar-refractivity contribution is 1.63. The molecule has 0 heterocycles. The number of fused-ring (bicyclic) bond motifs is 6. The van der Waals surface area contributed by atoms with E-state index in [2.05, 4.69) is 218 Å². The lowest BCUT2D eigenvalue weighted by Crippen LogP contribution is -1.93. The first-order valence-corrected chi connectivity index (χ1v) is 22.4. The summed E-state index contributed by atoms with van der Waals surface area (Å²) in [5, 5.41) is 20.8. The minimum Gasteiger partial charge on any atom is -0.0616 e. The molecule has 0 saturated heterocycles. The normalized spacial score (nSPS) is 13.5. The zero-order valence-electron chi connectivity index (χ0n) is 34.8. The van der Waals surface area contributed by atoms with E-state index in [9.17, 15) is 0 Å². The zero-order valence-corrected chi connectivity index (χ0v) is 34.8. The van der Waals surface area contributed by atoms with Crippen molar-refractivity contribution in [2.75, 3.05) is 0 Å². The summed E-state index contributed by atoms with van der Waals surface area (Å²) in [6.07, 6.45) is 0. The smallest absolute Gasteiger partial charge is 0.00134 e. The Morgan fingerprint density at radius 1 is 0.141 bits per heavy atom. The van der Waals surface area contributed by atoms with E-state index in [-0.39, 0.29) is 0 Å². The molecule has 0 amide bonds. The van der Waals surface area contributed by atoms with Crippen LogP contribution in [-0.4, -0.2) is 0 Å². The Morgan fingerprint density at radius 2 is 0.375 bits per heavy atom. The zero-order chi connectivity index (χ0) is 41.6. The third-order valence-corrected chi connectivity index (χ3v) is 14.7. The van der Waals surface area contributed by atoms with E-state index < -0.39 is 0 Å². The summed E-state index contributed by atoms with van der Waals surface area (Å²) < 4.78 is 0. The molecule has 0 atom stereocenters. The third-order valence-electron chi connectivity index (χ3n) is 14.7. The highest BCUT2D eigenvalue weighted by Crippen LogP contribution is 2.57. The number of benzene rings is 13. The molecule has 2 aliphatic rings. The fraction of sp³-hybridized carbons (Fsp3) is 0. The molecule has 0 nitrogen and oxygen atoms in total. The molecular weight excluding hydrogens is 769 g/mol. The van der Waals surface area contributed by atoms with Gasteiger partial charge in [-0.2, -0.15) is 0 Å². The van der Waals surface area contributed by atoms with Crippen LogP contribution in [-0.2, 0) is 0 Å². The van der Waals surface area contributed by atoms with E-state index in [4.69, 9.17) is 0 Å². The van der Waals surface area contributed by atoms with Crippen molar-refractivity contribution < 1.29 is 0 Å². The summed E-state index contributed by atoms with van der Waals surface area (Å²) in [5.74, 6) is 0. The van der Waals surface area contributed by atoms with Crippen molar-refractivity contribution in [1.29, 1.82) is 0 Å². The lowest BCUT2D eigenvalue weighted by atomic mass is 9.85. The Kier molecular flexibility index (Phi) is 6.77. The minimum atomic E-state index is 1.26. The van der Waals surface area contributed by atoms with Gasteiger partial charge < -0.3 is 0 Å². The molecule has 0 aliphatic heterocycles. The van der Waals surface area contributed by atoms with Gasteiger partial charge in [0.2, 0.25) is 0 Å². The molecule has 0 bridgehead atoms. The van der Waals surface area contributed by atoms with Crippen molar-refractivity contribution in [3.05, 3.63) is 263 Å². The summed E-state index contributed by atoms with van der Waals surface area (Å²) in [5.41, 5.74) is 15.6. The van der Waals surface area contributed by atoms with Crippen LogP contribution in [0.4, 0.5) is 0 Å². The van der Waals surface area contributed by atoms with Crippen molar-refractivity contribution in [3.8, 4) is 0 Å². The topological polar surface area (TPSA) is 0 Å². The van der Waals surface area contributed by atoms with Gasteiger partial charge in [-0.3, -0.25) is 0 Å². The molecule has 0 N–H and O–H groups in total. The molecule has 0 unspecified atom stereocenters. The Balaban J connectivity index is 1.06. The van der Waals surface area contributed by atoms with Crippen molar-refractivity contribution in [2.45, 2.75) is 0 Å². The second-order valence-corrected chi connectivity index (χ2v) is 17.7. The Hall–Kier alpha value is -8.32. The van der Waals surface area contributed by atoms with Gasteiger partial charge in [0.1, 0.15) is 0 Å².